The standard InChI is InChI=1S/C19H24N2O5/c1-3-24-19(23)21-15-7-9-16(10-8-15)26-18(22)13(2)25-17-6-4-5-14(11-17)12-20/h4-6,11,13,15-16H,3,7-10H2,1-2H3,(H,21,23). The number of nitrogens with zero attached hydrogens (tertiary/aromatic N) is 1. The Bertz CT molecular complexity index is 662. The van der Waals surface area contributed by atoms with Gasteiger partial charge in [0.25, 0.3) is 0 Å². The average Bonchev–Trinajstić information content (AvgIpc) is 2.63. The summed E-state index contributed by atoms with van der Waals surface area (Å²) >= 11 is 0. The number of carbonyl (C=O) groups is 2. The molecule has 26 heavy (non-hydrogen) atoms. The minimum absolute atomic E-state index is 0.0476. The second-order valence-electron chi connectivity index (χ2n) is 6.18. The lowest BCUT2D eigenvalue weighted by Gasteiger charge is -2.29. The van der Waals surface area contributed by atoms with Gasteiger partial charge >= 0.3 is 12.1 Å². The minimum atomic E-state index is -0.765. The van der Waals surface area contributed by atoms with Crippen LogP contribution in [0.5, 0.6) is 5.75 Å². The summed E-state index contributed by atoms with van der Waals surface area (Å²) in [5, 5.41) is 11.7. The fraction of sp³-hybridized carbons (Fsp3) is 0.526. The summed E-state index contributed by atoms with van der Waals surface area (Å²) in [4.78, 5) is 23.6. The number of nitrogens with one attached hydrogen (secondary N) is 1. The van der Waals surface area contributed by atoms with Crippen molar-refractivity contribution in [2.24, 2.45) is 0 Å². The molecule has 7 nitrogen and oxygen atoms in total. The van der Waals surface area contributed by atoms with Crippen molar-refractivity contribution in [3.05, 3.63) is 29.8 Å². The lowest BCUT2D eigenvalue weighted by atomic mass is 9.93. The molecule has 0 radical (unpaired) electrons. The number of amides is 1. The van der Waals surface area contributed by atoms with Crippen LogP contribution in [-0.4, -0.2) is 36.9 Å². The van der Waals surface area contributed by atoms with E-state index in [4.69, 9.17) is 19.5 Å². The number of alkyl carbamates (subject to hydrolysis) is 1. The lowest BCUT2D eigenvalue weighted by Crippen LogP contribution is -2.40. The van der Waals surface area contributed by atoms with E-state index in [9.17, 15) is 9.59 Å². The number of nitriles is 1. The number of carbonyl (C=O) groups excluding carboxylic acids is 2. The third kappa shape index (κ3) is 5.96. The average molecular weight is 360 g/mol. The molecule has 0 saturated heterocycles. The summed E-state index contributed by atoms with van der Waals surface area (Å²) in [6.07, 6.45) is 1.47. The van der Waals surface area contributed by atoms with Crippen LogP contribution in [0.25, 0.3) is 0 Å². The first-order valence-corrected chi connectivity index (χ1v) is 8.82. The van der Waals surface area contributed by atoms with Crippen molar-refractivity contribution in [1.29, 1.82) is 5.26 Å². The Hall–Kier alpha value is -2.75. The molecular weight excluding hydrogens is 336 g/mol. The highest BCUT2D eigenvalue weighted by Gasteiger charge is 2.27. The van der Waals surface area contributed by atoms with Crippen molar-refractivity contribution in [1.82, 2.24) is 5.32 Å². The van der Waals surface area contributed by atoms with E-state index in [0.717, 1.165) is 12.8 Å². The van der Waals surface area contributed by atoms with E-state index in [1.165, 1.54) is 0 Å². The van der Waals surface area contributed by atoms with Gasteiger partial charge in [0.05, 0.1) is 18.2 Å². The van der Waals surface area contributed by atoms with Gasteiger partial charge in [-0.25, -0.2) is 9.59 Å². The molecule has 1 amide bonds. The van der Waals surface area contributed by atoms with E-state index < -0.39 is 18.2 Å². The predicted molar refractivity (Wildman–Crippen MR) is 93.5 cm³/mol. The smallest absolute Gasteiger partial charge is 0.407 e. The molecule has 1 aliphatic rings. The largest absolute Gasteiger partial charge is 0.479 e. The Labute approximate surface area is 153 Å². The van der Waals surface area contributed by atoms with Gasteiger partial charge in [-0.05, 0) is 57.7 Å². The number of ether oxygens (including phenoxy) is 3. The minimum Gasteiger partial charge on any atom is -0.479 e. The normalized spacial score (nSPS) is 20.3. The van der Waals surface area contributed by atoms with Crippen molar-refractivity contribution in [2.45, 2.75) is 57.8 Å². The highest BCUT2D eigenvalue weighted by Crippen LogP contribution is 2.22. The molecule has 1 aromatic carbocycles. The summed E-state index contributed by atoms with van der Waals surface area (Å²) in [6, 6.07) is 8.71. The second kappa shape index (κ2) is 9.66. The van der Waals surface area contributed by atoms with Crippen molar-refractivity contribution >= 4 is 12.1 Å². The molecule has 0 spiro atoms. The molecule has 1 aliphatic carbocycles. The highest BCUT2D eigenvalue weighted by atomic mass is 16.6. The van der Waals surface area contributed by atoms with Crippen LogP contribution in [0.15, 0.2) is 24.3 Å². The quantitative estimate of drug-likeness (QED) is 0.783. The van der Waals surface area contributed by atoms with E-state index in [2.05, 4.69) is 5.32 Å². The Morgan fingerprint density at radius 2 is 2.04 bits per heavy atom. The molecule has 7 heteroatoms. The molecule has 1 aromatic rings. The van der Waals surface area contributed by atoms with E-state index in [1.807, 2.05) is 6.07 Å². The van der Waals surface area contributed by atoms with Gasteiger partial charge in [0.1, 0.15) is 11.9 Å². The van der Waals surface area contributed by atoms with Gasteiger partial charge in [0.15, 0.2) is 6.10 Å². The summed E-state index contributed by atoms with van der Waals surface area (Å²) in [5.41, 5.74) is 0.468. The van der Waals surface area contributed by atoms with Gasteiger partial charge in [0.2, 0.25) is 0 Å². The topological polar surface area (TPSA) is 97.7 Å². The van der Waals surface area contributed by atoms with Gasteiger partial charge in [-0.3, -0.25) is 0 Å². The zero-order valence-corrected chi connectivity index (χ0v) is 15.1. The van der Waals surface area contributed by atoms with E-state index >= 15 is 0 Å². The molecule has 2 rings (SSSR count). The fourth-order valence-corrected chi connectivity index (χ4v) is 2.82. The van der Waals surface area contributed by atoms with Crippen LogP contribution in [0.4, 0.5) is 4.79 Å². The number of rotatable bonds is 6. The zero-order chi connectivity index (χ0) is 18.9. The first kappa shape index (κ1) is 19.6. The van der Waals surface area contributed by atoms with Crippen molar-refractivity contribution in [3.63, 3.8) is 0 Å². The third-order valence-electron chi connectivity index (χ3n) is 4.16. The van der Waals surface area contributed by atoms with Crippen molar-refractivity contribution in [2.75, 3.05) is 6.61 Å². The van der Waals surface area contributed by atoms with Crippen LogP contribution in [-0.2, 0) is 14.3 Å². The van der Waals surface area contributed by atoms with Crippen LogP contribution in [0.1, 0.15) is 45.1 Å². The Balaban J connectivity index is 1.76. The molecule has 0 bridgehead atoms. The van der Waals surface area contributed by atoms with Crippen LogP contribution < -0.4 is 10.1 Å². The second-order valence-corrected chi connectivity index (χ2v) is 6.18. The van der Waals surface area contributed by atoms with Gasteiger partial charge in [-0.2, -0.15) is 5.26 Å². The summed E-state index contributed by atoms with van der Waals surface area (Å²) in [6.45, 7) is 3.72. The molecule has 0 aliphatic heterocycles. The van der Waals surface area contributed by atoms with Crippen molar-refractivity contribution < 1.29 is 23.8 Å². The van der Waals surface area contributed by atoms with Crippen LogP contribution in [0, 0.1) is 11.3 Å². The number of esters is 1. The number of hydrogen-bond acceptors (Lipinski definition) is 6. The van der Waals surface area contributed by atoms with Gasteiger partial charge < -0.3 is 19.5 Å². The van der Waals surface area contributed by atoms with Crippen LogP contribution in [0.2, 0.25) is 0 Å². The fourth-order valence-electron chi connectivity index (χ4n) is 2.82. The highest BCUT2D eigenvalue weighted by molar-refractivity contribution is 5.74. The predicted octanol–water partition coefficient (Wildman–Crippen LogP) is 2.93. The summed E-state index contributed by atoms with van der Waals surface area (Å²) in [7, 11) is 0. The Kier molecular flexibility index (Phi) is 7.27. The molecule has 1 atom stereocenters. The maximum absolute atomic E-state index is 12.2. The van der Waals surface area contributed by atoms with E-state index in [-0.39, 0.29) is 12.1 Å². The molecule has 1 N–H and O–H groups in total. The monoisotopic (exact) mass is 360 g/mol. The van der Waals surface area contributed by atoms with Crippen LogP contribution >= 0.6 is 0 Å². The van der Waals surface area contributed by atoms with Gasteiger partial charge in [-0.15, -0.1) is 0 Å². The lowest BCUT2D eigenvalue weighted by molar-refractivity contribution is -0.158. The number of hydrogen-bond donors (Lipinski definition) is 1. The molecule has 140 valence electrons. The summed E-state index contributed by atoms with van der Waals surface area (Å²) in [5.74, 6) is 0.0185. The molecular formula is C19H24N2O5. The molecule has 1 saturated carbocycles. The molecule has 1 fully saturated rings. The maximum Gasteiger partial charge on any atom is 0.407 e. The van der Waals surface area contributed by atoms with Gasteiger partial charge in [-0.1, -0.05) is 6.07 Å². The van der Waals surface area contributed by atoms with Crippen molar-refractivity contribution in [3.8, 4) is 11.8 Å². The van der Waals surface area contributed by atoms with E-state index in [1.54, 1.807) is 38.1 Å². The maximum atomic E-state index is 12.2. The van der Waals surface area contributed by atoms with Gasteiger partial charge in [0, 0.05) is 6.04 Å². The van der Waals surface area contributed by atoms with Crippen LogP contribution in [0.3, 0.4) is 0 Å². The SMILES string of the molecule is CCOC(=O)NC1CCC(OC(=O)C(C)Oc2cccc(C#N)c2)CC1. The molecule has 0 heterocycles. The molecule has 0 aromatic heterocycles. The summed E-state index contributed by atoms with van der Waals surface area (Å²) < 4.78 is 15.9. The zero-order valence-electron chi connectivity index (χ0n) is 15.1. The third-order valence-corrected chi connectivity index (χ3v) is 4.16. The first-order valence-electron chi connectivity index (χ1n) is 8.82. The Morgan fingerprint density at radius 3 is 2.69 bits per heavy atom. The van der Waals surface area contributed by atoms with E-state index in [0.29, 0.717) is 30.8 Å². The first-order chi connectivity index (χ1) is 12.5. The molecule has 1 unspecified atom stereocenters. The Morgan fingerprint density at radius 1 is 1.31 bits per heavy atom. The number of benzene rings is 1.